The highest BCUT2D eigenvalue weighted by Crippen LogP contribution is 2.26. The fourth-order valence-electron chi connectivity index (χ4n) is 2.35. The third kappa shape index (κ3) is 2.67. The van der Waals surface area contributed by atoms with Crippen LogP contribution in [-0.2, 0) is 11.3 Å². The fraction of sp³-hybridized carbons (Fsp3) is 0.188. The van der Waals surface area contributed by atoms with Crippen LogP contribution in [0.1, 0.15) is 18.7 Å². The van der Waals surface area contributed by atoms with Crippen LogP contribution in [0, 0.1) is 0 Å². The monoisotopic (exact) mass is 302 g/mol. The molecule has 2 aromatic heterocycles. The largest absolute Gasteiger partial charge is 0.467 e. The lowest BCUT2D eigenvalue weighted by atomic mass is 10.2. The summed E-state index contributed by atoms with van der Waals surface area (Å²) in [5, 5.41) is 4.50. The minimum atomic E-state index is -0.323. The summed E-state index contributed by atoms with van der Waals surface area (Å²) in [6, 6.07) is 10.9. The van der Waals surface area contributed by atoms with Gasteiger partial charge in [0.25, 0.3) is 0 Å². The molecule has 0 aliphatic rings. The third-order valence-corrected chi connectivity index (χ3v) is 3.85. The number of fused-ring (bicyclic) bond motifs is 1. The van der Waals surface area contributed by atoms with E-state index in [0.717, 1.165) is 16.7 Å². The van der Waals surface area contributed by atoms with E-state index in [4.69, 9.17) is 16.0 Å². The first-order valence-electron chi connectivity index (χ1n) is 6.72. The van der Waals surface area contributed by atoms with E-state index in [-0.39, 0.29) is 11.9 Å². The first-order chi connectivity index (χ1) is 10.2. The Morgan fingerprint density at radius 1 is 1.33 bits per heavy atom. The molecule has 1 atom stereocenters. The van der Waals surface area contributed by atoms with E-state index in [9.17, 15) is 4.79 Å². The normalized spacial score (nSPS) is 12.5. The summed E-state index contributed by atoms with van der Waals surface area (Å²) in [5.41, 5.74) is 0.947. The van der Waals surface area contributed by atoms with Crippen molar-refractivity contribution in [2.24, 2.45) is 0 Å². The van der Waals surface area contributed by atoms with Crippen molar-refractivity contribution in [2.75, 3.05) is 0 Å². The highest BCUT2D eigenvalue weighted by Gasteiger charge is 2.17. The molecule has 0 fully saturated rings. The third-order valence-electron chi connectivity index (χ3n) is 3.52. The maximum Gasteiger partial charge on any atom is 0.243 e. The second kappa shape index (κ2) is 5.66. The summed E-state index contributed by atoms with van der Waals surface area (Å²) in [7, 11) is 0. The lowest BCUT2D eigenvalue weighted by molar-refractivity contribution is -0.124. The SMILES string of the molecule is CC(C(=O)NCc1ccco1)n1ccc2c(Cl)cccc21. The lowest BCUT2D eigenvalue weighted by Crippen LogP contribution is -2.30. The topological polar surface area (TPSA) is 47.2 Å². The van der Waals surface area contributed by atoms with Crippen LogP contribution in [0.25, 0.3) is 10.9 Å². The molecule has 3 aromatic rings. The summed E-state index contributed by atoms with van der Waals surface area (Å²) in [5.74, 6) is 0.667. The number of hydrogen-bond donors (Lipinski definition) is 1. The molecule has 21 heavy (non-hydrogen) atoms. The molecule has 1 N–H and O–H groups in total. The number of furan rings is 1. The summed E-state index contributed by atoms with van der Waals surface area (Å²) >= 11 is 6.16. The van der Waals surface area contributed by atoms with Gasteiger partial charge in [0, 0.05) is 16.6 Å². The number of benzene rings is 1. The maximum absolute atomic E-state index is 12.3. The van der Waals surface area contributed by atoms with Gasteiger partial charge in [-0.15, -0.1) is 0 Å². The first kappa shape index (κ1) is 13.8. The summed E-state index contributed by atoms with van der Waals surface area (Å²) in [4.78, 5) is 12.3. The van der Waals surface area contributed by atoms with Crippen molar-refractivity contribution in [1.29, 1.82) is 0 Å². The summed E-state index contributed by atoms with van der Waals surface area (Å²) in [6.45, 7) is 2.24. The molecule has 0 bridgehead atoms. The van der Waals surface area contributed by atoms with Gasteiger partial charge in [-0.3, -0.25) is 4.79 Å². The maximum atomic E-state index is 12.3. The van der Waals surface area contributed by atoms with Crippen LogP contribution in [0.2, 0.25) is 5.02 Å². The van der Waals surface area contributed by atoms with E-state index in [1.165, 1.54) is 0 Å². The van der Waals surface area contributed by atoms with Crippen molar-refractivity contribution >= 4 is 28.4 Å². The molecule has 0 saturated heterocycles. The molecular weight excluding hydrogens is 288 g/mol. The standard InChI is InChI=1S/C16H15ClN2O2/c1-11(16(20)18-10-12-4-3-9-21-12)19-8-7-13-14(17)5-2-6-15(13)19/h2-9,11H,10H2,1H3,(H,18,20). The van der Waals surface area contributed by atoms with Crippen LogP contribution in [0.15, 0.2) is 53.3 Å². The molecule has 5 heteroatoms. The summed E-state index contributed by atoms with van der Waals surface area (Å²) < 4.78 is 7.12. The Labute approximate surface area is 127 Å². The van der Waals surface area contributed by atoms with Crippen LogP contribution < -0.4 is 5.32 Å². The highest BCUT2D eigenvalue weighted by atomic mass is 35.5. The Bertz CT molecular complexity index is 762. The van der Waals surface area contributed by atoms with Gasteiger partial charge in [-0.1, -0.05) is 17.7 Å². The fourth-order valence-corrected chi connectivity index (χ4v) is 2.58. The van der Waals surface area contributed by atoms with Gasteiger partial charge in [-0.05, 0) is 37.3 Å². The predicted molar refractivity (Wildman–Crippen MR) is 82.2 cm³/mol. The number of amides is 1. The quantitative estimate of drug-likeness (QED) is 0.797. The number of aromatic nitrogens is 1. The second-order valence-electron chi connectivity index (χ2n) is 4.87. The molecule has 3 rings (SSSR count). The molecule has 1 aromatic carbocycles. The lowest BCUT2D eigenvalue weighted by Gasteiger charge is -2.15. The number of carbonyl (C=O) groups excluding carboxylic acids is 1. The van der Waals surface area contributed by atoms with Crippen molar-refractivity contribution in [3.8, 4) is 0 Å². The van der Waals surface area contributed by atoms with Crippen molar-refractivity contribution in [1.82, 2.24) is 9.88 Å². The van der Waals surface area contributed by atoms with Gasteiger partial charge in [0.05, 0.1) is 18.3 Å². The van der Waals surface area contributed by atoms with Gasteiger partial charge in [-0.2, -0.15) is 0 Å². The zero-order chi connectivity index (χ0) is 14.8. The van der Waals surface area contributed by atoms with Crippen molar-refractivity contribution in [3.05, 3.63) is 59.6 Å². The second-order valence-corrected chi connectivity index (χ2v) is 5.28. The van der Waals surface area contributed by atoms with Gasteiger partial charge in [0.1, 0.15) is 11.8 Å². The Morgan fingerprint density at radius 3 is 2.95 bits per heavy atom. The van der Waals surface area contributed by atoms with Crippen LogP contribution in [0.5, 0.6) is 0 Å². The average molecular weight is 303 g/mol. The smallest absolute Gasteiger partial charge is 0.243 e. The summed E-state index contributed by atoms with van der Waals surface area (Å²) in [6.07, 6.45) is 3.47. The van der Waals surface area contributed by atoms with Crippen LogP contribution in [0.3, 0.4) is 0 Å². The Balaban J connectivity index is 1.78. The van der Waals surface area contributed by atoms with Crippen LogP contribution >= 0.6 is 11.6 Å². The van der Waals surface area contributed by atoms with Gasteiger partial charge in [-0.25, -0.2) is 0 Å². The first-order valence-corrected chi connectivity index (χ1v) is 7.10. The number of nitrogens with zero attached hydrogens (tertiary/aromatic N) is 1. The number of nitrogens with one attached hydrogen (secondary N) is 1. The van der Waals surface area contributed by atoms with E-state index >= 15 is 0 Å². The van der Waals surface area contributed by atoms with Crippen molar-refractivity contribution < 1.29 is 9.21 Å². The molecule has 0 spiro atoms. The molecule has 0 saturated carbocycles. The minimum Gasteiger partial charge on any atom is -0.467 e. The molecule has 0 aliphatic heterocycles. The van der Waals surface area contributed by atoms with Gasteiger partial charge in [0.2, 0.25) is 5.91 Å². The van der Waals surface area contributed by atoms with Gasteiger partial charge < -0.3 is 14.3 Å². The molecule has 0 radical (unpaired) electrons. The minimum absolute atomic E-state index is 0.0659. The number of hydrogen-bond acceptors (Lipinski definition) is 2. The Morgan fingerprint density at radius 2 is 2.19 bits per heavy atom. The molecule has 2 heterocycles. The molecule has 4 nitrogen and oxygen atoms in total. The van der Waals surface area contributed by atoms with Gasteiger partial charge >= 0.3 is 0 Å². The van der Waals surface area contributed by atoms with Crippen molar-refractivity contribution in [2.45, 2.75) is 19.5 Å². The number of carbonyl (C=O) groups is 1. The van der Waals surface area contributed by atoms with Crippen molar-refractivity contribution in [3.63, 3.8) is 0 Å². The van der Waals surface area contributed by atoms with E-state index in [0.29, 0.717) is 11.6 Å². The van der Waals surface area contributed by atoms with E-state index in [1.54, 1.807) is 12.3 Å². The average Bonchev–Trinajstić information content (AvgIpc) is 3.14. The molecular formula is C16H15ClN2O2. The molecule has 1 amide bonds. The Hall–Kier alpha value is -2.20. The van der Waals surface area contributed by atoms with E-state index < -0.39 is 0 Å². The van der Waals surface area contributed by atoms with E-state index in [1.807, 2.05) is 48.0 Å². The Kier molecular flexibility index (Phi) is 3.71. The molecule has 0 aliphatic carbocycles. The zero-order valence-electron chi connectivity index (χ0n) is 11.5. The zero-order valence-corrected chi connectivity index (χ0v) is 12.3. The van der Waals surface area contributed by atoms with Crippen LogP contribution in [-0.4, -0.2) is 10.5 Å². The molecule has 1 unspecified atom stereocenters. The predicted octanol–water partition coefficient (Wildman–Crippen LogP) is 3.77. The van der Waals surface area contributed by atoms with Crippen LogP contribution in [0.4, 0.5) is 0 Å². The molecule has 108 valence electrons. The number of halogens is 1. The highest BCUT2D eigenvalue weighted by molar-refractivity contribution is 6.35. The van der Waals surface area contributed by atoms with E-state index in [2.05, 4.69) is 5.32 Å². The number of rotatable bonds is 4. The van der Waals surface area contributed by atoms with Gasteiger partial charge in [0.15, 0.2) is 0 Å².